The molecule has 1 saturated heterocycles. The molecule has 3 N–H and O–H groups in total. The highest BCUT2D eigenvalue weighted by molar-refractivity contribution is 5.35. The van der Waals surface area contributed by atoms with Crippen LogP contribution in [0.3, 0.4) is 0 Å². The van der Waals surface area contributed by atoms with Gasteiger partial charge in [-0.3, -0.25) is 0 Å². The van der Waals surface area contributed by atoms with Gasteiger partial charge in [0.1, 0.15) is 0 Å². The molecular weight excluding hydrogens is 253 g/mol. The molecule has 3 rings (SSSR count). The summed E-state index contributed by atoms with van der Waals surface area (Å²) >= 11 is 0. The molecule has 0 bridgehead atoms. The van der Waals surface area contributed by atoms with Crippen LogP contribution in [-0.2, 0) is 6.18 Å². The molecule has 1 heterocycles. The Labute approximate surface area is 110 Å². The minimum atomic E-state index is -4.28. The van der Waals surface area contributed by atoms with Crippen molar-refractivity contribution in [2.45, 2.75) is 30.5 Å². The van der Waals surface area contributed by atoms with Crippen molar-refractivity contribution in [1.82, 2.24) is 5.32 Å². The summed E-state index contributed by atoms with van der Waals surface area (Å²) < 4.78 is 39.1. The van der Waals surface area contributed by atoms with Crippen molar-refractivity contribution in [3.63, 3.8) is 0 Å². The SMILES string of the molecule is N[C@]12CNCC1C[C@@H](c1ccccc1C(F)(F)F)C2. The van der Waals surface area contributed by atoms with Crippen LogP contribution in [0.4, 0.5) is 13.2 Å². The molecule has 2 fully saturated rings. The van der Waals surface area contributed by atoms with E-state index in [0.29, 0.717) is 24.4 Å². The van der Waals surface area contributed by atoms with Crippen LogP contribution in [0.5, 0.6) is 0 Å². The fourth-order valence-corrected chi connectivity index (χ4v) is 3.62. The van der Waals surface area contributed by atoms with Crippen molar-refractivity contribution >= 4 is 0 Å². The van der Waals surface area contributed by atoms with Crippen molar-refractivity contribution in [2.24, 2.45) is 11.7 Å². The lowest BCUT2D eigenvalue weighted by molar-refractivity contribution is -0.138. The van der Waals surface area contributed by atoms with Gasteiger partial charge in [-0.25, -0.2) is 0 Å². The second-order valence-electron chi connectivity index (χ2n) is 5.78. The van der Waals surface area contributed by atoms with Gasteiger partial charge in [-0.1, -0.05) is 18.2 Å². The molecule has 2 nitrogen and oxygen atoms in total. The van der Waals surface area contributed by atoms with E-state index < -0.39 is 11.7 Å². The first kappa shape index (κ1) is 12.9. The van der Waals surface area contributed by atoms with E-state index in [-0.39, 0.29) is 11.5 Å². The normalized spacial score (nSPS) is 34.5. The third kappa shape index (κ3) is 2.15. The molecule has 5 heteroatoms. The second-order valence-corrected chi connectivity index (χ2v) is 5.78. The average molecular weight is 270 g/mol. The Morgan fingerprint density at radius 1 is 1.26 bits per heavy atom. The maximum Gasteiger partial charge on any atom is 0.416 e. The largest absolute Gasteiger partial charge is 0.416 e. The third-order valence-corrected chi connectivity index (χ3v) is 4.56. The monoisotopic (exact) mass is 270 g/mol. The zero-order chi connectivity index (χ0) is 13.7. The van der Waals surface area contributed by atoms with Crippen LogP contribution in [0, 0.1) is 5.92 Å². The summed E-state index contributed by atoms with van der Waals surface area (Å²) in [5.41, 5.74) is 5.89. The molecule has 0 amide bonds. The molecule has 0 spiro atoms. The summed E-state index contributed by atoms with van der Waals surface area (Å²) in [7, 11) is 0. The van der Waals surface area contributed by atoms with Crippen molar-refractivity contribution in [3.05, 3.63) is 35.4 Å². The quantitative estimate of drug-likeness (QED) is 0.823. The number of benzene rings is 1. The van der Waals surface area contributed by atoms with Gasteiger partial charge in [-0.15, -0.1) is 0 Å². The first-order valence-electron chi connectivity index (χ1n) is 6.56. The van der Waals surface area contributed by atoms with Gasteiger partial charge < -0.3 is 11.1 Å². The number of rotatable bonds is 1. The maximum atomic E-state index is 13.0. The number of nitrogens with one attached hydrogen (secondary N) is 1. The summed E-state index contributed by atoms with van der Waals surface area (Å²) in [5.74, 6) is 0.216. The molecule has 1 aromatic carbocycles. The Balaban J connectivity index is 1.93. The maximum absolute atomic E-state index is 13.0. The van der Waals surface area contributed by atoms with Gasteiger partial charge in [0.2, 0.25) is 0 Å². The van der Waals surface area contributed by atoms with Crippen LogP contribution in [-0.4, -0.2) is 18.6 Å². The lowest BCUT2D eigenvalue weighted by Crippen LogP contribution is -2.44. The Morgan fingerprint density at radius 3 is 2.68 bits per heavy atom. The van der Waals surface area contributed by atoms with Gasteiger partial charge in [0.15, 0.2) is 0 Å². The van der Waals surface area contributed by atoms with Crippen molar-refractivity contribution in [2.75, 3.05) is 13.1 Å². The predicted octanol–water partition coefficient (Wildman–Crippen LogP) is 2.50. The number of nitrogens with two attached hydrogens (primary N) is 1. The van der Waals surface area contributed by atoms with Crippen LogP contribution in [0.15, 0.2) is 24.3 Å². The second kappa shape index (κ2) is 4.21. The smallest absolute Gasteiger partial charge is 0.324 e. The molecule has 0 aromatic heterocycles. The number of alkyl halides is 3. The topological polar surface area (TPSA) is 38.0 Å². The minimum absolute atomic E-state index is 0.0741. The molecule has 19 heavy (non-hydrogen) atoms. The fourth-order valence-electron chi connectivity index (χ4n) is 3.62. The first-order valence-corrected chi connectivity index (χ1v) is 6.56. The summed E-state index contributed by atoms with van der Waals surface area (Å²) in [6.45, 7) is 1.53. The number of halogens is 3. The average Bonchev–Trinajstić information content (AvgIpc) is 2.82. The van der Waals surface area contributed by atoms with E-state index in [1.807, 2.05) is 0 Å². The van der Waals surface area contributed by atoms with Gasteiger partial charge in [0, 0.05) is 12.1 Å². The van der Waals surface area contributed by atoms with Gasteiger partial charge in [0.25, 0.3) is 0 Å². The molecule has 3 atom stereocenters. The van der Waals surface area contributed by atoms with Crippen LogP contribution in [0.1, 0.15) is 29.9 Å². The predicted molar refractivity (Wildman–Crippen MR) is 66.7 cm³/mol. The van der Waals surface area contributed by atoms with Crippen LogP contribution < -0.4 is 11.1 Å². The third-order valence-electron chi connectivity index (χ3n) is 4.56. The van der Waals surface area contributed by atoms with E-state index in [2.05, 4.69) is 5.32 Å². The molecular formula is C14H17F3N2. The Bertz CT molecular complexity index is 486. The number of fused-ring (bicyclic) bond motifs is 1. The Morgan fingerprint density at radius 2 is 2.00 bits per heavy atom. The zero-order valence-electron chi connectivity index (χ0n) is 10.5. The van der Waals surface area contributed by atoms with Crippen LogP contribution >= 0.6 is 0 Å². The van der Waals surface area contributed by atoms with Crippen molar-refractivity contribution < 1.29 is 13.2 Å². The lowest BCUT2D eigenvalue weighted by Gasteiger charge is -2.23. The summed E-state index contributed by atoms with van der Waals surface area (Å²) in [6.07, 6.45) is -2.90. The first-order chi connectivity index (χ1) is 8.90. The molecule has 1 aliphatic carbocycles. The van der Waals surface area contributed by atoms with Crippen molar-refractivity contribution in [3.8, 4) is 0 Å². The molecule has 1 saturated carbocycles. The standard InChI is InChI=1S/C14H17F3N2/c15-14(16,17)12-4-2-1-3-11(12)9-5-10-7-19-8-13(10,18)6-9/h1-4,9-10,19H,5-8,18H2/t9-,10?,13-/m1/s1. The molecule has 1 aromatic rings. The molecule has 0 radical (unpaired) electrons. The molecule has 104 valence electrons. The summed E-state index contributed by atoms with van der Waals surface area (Å²) in [6, 6.07) is 5.90. The van der Waals surface area contributed by atoms with Crippen molar-refractivity contribution in [1.29, 1.82) is 0 Å². The van der Waals surface area contributed by atoms with Gasteiger partial charge >= 0.3 is 6.18 Å². The molecule has 1 unspecified atom stereocenters. The lowest BCUT2D eigenvalue weighted by atomic mass is 9.90. The Hall–Kier alpha value is -1.07. The van der Waals surface area contributed by atoms with E-state index >= 15 is 0 Å². The zero-order valence-corrected chi connectivity index (χ0v) is 10.5. The van der Waals surface area contributed by atoms with E-state index in [0.717, 1.165) is 13.0 Å². The van der Waals surface area contributed by atoms with E-state index in [9.17, 15) is 13.2 Å². The highest BCUT2D eigenvalue weighted by atomic mass is 19.4. The van der Waals surface area contributed by atoms with Gasteiger partial charge in [0.05, 0.1) is 5.56 Å². The van der Waals surface area contributed by atoms with Gasteiger partial charge in [-0.2, -0.15) is 13.2 Å². The molecule has 2 aliphatic rings. The van der Waals surface area contributed by atoms with E-state index in [1.54, 1.807) is 12.1 Å². The van der Waals surface area contributed by atoms with Gasteiger partial charge in [-0.05, 0) is 42.9 Å². The number of hydrogen-bond acceptors (Lipinski definition) is 2. The number of hydrogen-bond donors (Lipinski definition) is 2. The highest BCUT2D eigenvalue weighted by Crippen LogP contribution is 2.48. The molecule has 1 aliphatic heterocycles. The van der Waals surface area contributed by atoms with E-state index in [4.69, 9.17) is 5.73 Å². The highest BCUT2D eigenvalue weighted by Gasteiger charge is 2.49. The van der Waals surface area contributed by atoms with Crippen LogP contribution in [0.2, 0.25) is 0 Å². The van der Waals surface area contributed by atoms with Crippen LogP contribution in [0.25, 0.3) is 0 Å². The van der Waals surface area contributed by atoms with E-state index in [1.165, 1.54) is 12.1 Å². The fraction of sp³-hybridized carbons (Fsp3) is 0.571. The Kier molecular flexibility index (Phi) is 2.87. The summed E-state index contributed by atoms with van der Waals surface area (Å²) in [4.78, 5) is 0. The minimum Gasteiger partial charge on any atom is -0.324 e. The summed E-state index contributed by atoms with van der Waals surface area (Å²) in [5, 5.41) is 3.23.